The number of phenolic OH excluding ortho intramolecular Hbond substituents is 1. The summed E-state index contributed by atoms with van der Waals surface area (Å²) < 4.78 is 14.1. The average molecular weight is 531 g/mol. The van der Waals surface area contributed by atoms with E-state index >= 15 is 0 Å². The van der Waals surface area contributed by atoms with Gasteiger partial charge in [0.05, 0.1) is 22.6 Å². The van der Waals surface area contributed by atoms with Crippen molar-refractivity contribution in [1.82, 2.24) is 30.0 Å². The SMILES string of the molecule is Oc1cc(F)cc(C2=CC=C=Cc3[nH]c(-c4n[nH]c5ccc(-c6cncc(CN7CCCCC7)c6)nc45)cc32)c1. The molecule has 7 nitrogen and oxygen atoms in total. The Morgan fingerprint density at radius 1 is 1.00 bits per heavy atom. The molecule has 1 aromatic carbocycles. The van der Waals surface area contributed by atoms with Gasteiger partial charge in [-0.3, -0.25) is 15.0 Å². The Bertz CT molecular complexity index is 1820. The Hall–Kier alpha value is -4.78. The van der Waals surface area contributed by atoms with Crippen LogP contribution in [-0.2, 0) is 6.54 Å². The summed E-state index contributed by atoms with van der Waals surface area (Å²) in [6.07, 6.45) is 13.1. The first-order valence-corrected chi connectivity index (χ1v) is 13.5. The van der Waals surface area contributed by atoms with Gasteiger partial charge in [0.15, 0.2) is 0 Å². The molecule has 0 atom stereocenters. The second-order valence-corrected chi connectivity index (χ2v) is 10.4. The predicted octanol–water partition coefficient (Wildman–Crippen LogP) is 6.46. The van der Waals surface area contributed by atoms with Gasteiger partial charge in [0.1, 0.15) is 22.8 Å². The third-order valence-corrected chi connectivity index (χ3v) is 7.51. The second-order valence-electron chi connectivity index (χ2n) is 10.4. The molecule has 1 fully saturated rings. The van der Waals surface area contributed by atoms with Crippen molar-refractivity contribution in [2.24, 2.45) is 0 Å². The second kappa shape index (κ2) is 10.1. The number of allylic oxidation sites excluding steroid dienone is 2. The Morgan fingerprint density at radius 3 is 2.77 bits per heavy atom. The molecule has 5 heterocycles. The van der Waals surface area contributed by atoms with Gasteiger partial charge >= 0.3 is 0 Å². The first-order chi connectivity index (χ1) is 19.6. The van der Waals surface area contributed by atoms with E-state index in [9.17, 15) is 9.50 Å². The number of benzene rings is 1. The molecule has 1 aliphatic carbocycles. The lowest BCUT2D eigenvalue weighted by molar-refractivity contribution is 0.220. The molecule has 0 unspecified atom stereocenters. The Labute approximate surface area is 230 Å². The summed E-state index contributed by atoms with van der Waals surface area (Å²) in [5.74, 6) is -0.627. The van der Waals surface area contributed by atoms with E-state index < -0.39 is 5.82 Å². The number of nitrogens with one attached hydrogen (secondary N) is 2. The molecule has 0 saturated carbocycles. The van der Waals surface area contributed by atoms with E-state index in [2.05, 4.69) is 36.9 Å². The van der Waals surface area contributed by atoms with Gasteiger partial charge in [-0.2, -0.15) is 5.10 Å². The lowest BCUT2D eigenvalue weighted by atomic mass is 9.97. The number of halogens is 1. The van der Waals surface area contributed by atoms with Crippen LogP contribution in [0.3, 0.4) is 0 Å². The molecule has 40 heavy (non-hydrogen) atoms. The molecule has 0 radical (unpaired) electrons. The third kappa shape index (κ3) is 4.64. The highest BCUT2D eigenvalue weighted by molar-refractivity contribution is 5.93. The van der Waals surface area contributed by atoms with Gasteiger partial charge in [-0.1, -0.05) is 6.42 Å². The normalized spacial score (nSPS) is 15.3. The van der Waals surface area contributed by atoms with Crippen molar-refractivity contribution < 1.29 is 9.50 Å². The number of hydrogen-bond donors (Lipinski definition) is 3. The molecular weight excluding hydrogens is 503 g/mol. The van der Waals surface area contributed by atoms with E-state index in [1.54, 1.807) is 12.1 Å². The Balaban J connectivity index is 1.25. The van der Waals surface area contributed by atoms with E-state index in [0.29, 0.717) is 11.3 Å². The van der Waals surface area contributed by atoms with E-state index in [-0.39, 0.29) is 5.75 Å². The summed E-state index contributed by atoms with van der Waals surface area (Å²) >= 11 is 0. The highest BCUT2D eigenvalue weighted by Gasteiger charge is 2.20. The Morgan fingerprint density at radius 2 is 1.90 bits per heavy atom. The van der Waals surface area contributed by atoms with Crippen LogP contribution in [0.4, 0.5) is 4.39 Å². The summed E-state index contributed by atoms with van der Waals surface area (Å²) in [6.45, 7) is 3.17. The number of phenols is 1. The molecular formula is C32H27FN6O. The highest BCUT2D eigenvalue weighted by Crippen LogP contribution is 2.35. The fourth-order valence-corrected chi connectivity index (χ4v) is 5.61. The molecule has 5 aromatic rings. The largest absolute Gasteiger partial charge is 0.508 e. The maximum Gasteiger partial charge on any atom is 0.135 e. The lowest BCUT2D eigenvalue weighted by Gasteiger charge is -2.26. The van der Waals surface area contributed by atoms with Crippen LogP contribution in [0.15, 0.2) is 72.7 Å². The van der Waals surface area contributed by atoms with E-state index in [0.717, 1.165) is 70.5 Å². The fourth-order valence-electron chi connectivity index (χ4n) is 5.61. The van der Waals surface area contributed by atoms with Crippen molar-refractivity contribution in [2.45, 2.75) is 25.8 Å². The Kier molecular flexibility index (Phi) is 6.11. The molecule has 7 rings (SSSR count). The highest BCUT2D eigenvalue weighted by atomic mass is 19.1. The van der Waals surface area contributed by atoms with Crippen molar-refractivity contribution in [3.63, 3.8) is 0 Å². The van der Waals surface area contributed by atoms with Gasteiger partial charge in [-0.25, -0.2) is 9.37 Å². The van der Waals surface area contributed by atoms with Gasteiger partial charge in [-0.15, -0.1) is 5.73 Å². The number of piperidine rings is 1. The maximum atomic E-state index is 14.1. The number of hydrogen-bond acceptors (Lipinski definition) is 5. The molecule has 0 bridgehead atoms. The van der Waals surface area contributed by atoms with Crippen LogP contribution in [-0.4, -0.2) is 48.2 Å². The van der Waals surface area contributed by atoms with E-state index in [1.165, 1.54) is 30.9 Å². The monoisotopic (exact) mass is 530 g/mol. The molecule has 1 aliphatic heterocycles. The average Bonchev–Trinajstić information content (AvgIpc) is 3.52. The molecule has 3 N–H and O–H groups in total. The van der Waals surface area contributed by atoms with Gasteiger partial charge < -0.3 is 10.1 Å². The molecule has 4 aromatic heterocycles. The zero-order valence-corrected chi connectivity index (χ0v) is 21.8. The minimum absolute atomic E-state index is 0.126. The van der Waals surface area contributed by atoms with Gasteiger partial charge in [0.2, 0.25) is 0 Å². The first-order valence-electron chi connectivity index (χ1n) is 13.5. The molecule has 0 spiro atoms. The van der Waals surface area contributed by atoms with E-state index in [4.69, 9.17) is 4.98 Å². The number of H-pyrrole nitrogens is 2. The van der Waals surface area contributed by atoms with Gasteiger partial charge in [0.25, 0.3) is 0 Å². The fraction of sp³-hybridized carbons (Fsp3) is 0.188. The predicted molar refractivity (Wildman–Crippen MR) is 154 cm³/mol. The van der Waals surface area contributed by atoms with Crippen LogP contribution < -0.4 is 0 Å². The first kappa shape index (κ1) is 24.3. The van der Waals surface area contributed by atoms with Crippen molar-refractivity contribution in [2.75, 3.05) is 13.1 Å². The van der Waals surface area contributed by atoms with Crippen LogP contribution >= 0.6 is 0 Å². The summed E-state index contributed by atoms with van der Waals surface area (Å²) in [5, 5.41) is 17.7. The summed E-state index contributed by atoms with van der Waals surface area (Å²) in [7, 11) is 0. The van der Waals surface area contributed by atoms with Gasteiger partial charge in [0, 0.05) is 42.2 Å². The molecule has 198 valence electrons. The van der Waals surface area contributed by atoms with Crippen LogP contribution in [0.25, 0.3) is 45.3 Å². The van der Waals surface area contributed by atoms with Crippen LogP contribution in [0.2, 0.25) is 0 Å². The summed E-state index contributed by atoms with van der Waals surface area (Å²) in [5.41, 5.74) is 12.1. The number of likely N-dealkylation sites (tertiary alicyclic amines) is 1. The maximum absolute atomic E-state index is 14.1. The summed E-state index contributed by atoms with van der Waals surface area (Å²) in [6, 6.07) is 12.2. The number of aromatic hydroxyl groups is 1. The smallest absolute Gasteiger partial charge is 0.135 e. The van der Waals surface area contributed by atoms with Crippen LogP contribution in [0, 0.1) is 5.82 Å². The quantitative estimate of drug-likeness (QED) is 0.227. The molecule has 8 heteroatoms. The van der Waals surface area contributed by atoms with Crippen molar-refractivity contribution in [1.29, 1.82) is 0 Å². The summed E-state index contributed by atoms with van der Waals surface area (Å²) in [4.78, 5) is 15.4. The number of rotatable bonds is 5. The van der Waals surface area contributed by atoms with Crippen molar-refractivity contribution in [3.05, 3.63) is 101 Å². The topological polar surface area (TPSA) is 93.7 Å². The van der Waals surface area contributed by atoms with Gasteiger partial charge in [-0.05, 0) is 91.2 Å². The zero-order valence-electron chi connectivity index (χ0n) is 21.8. The van der Waals surface area contributed by atoms with Crippen LogP contribution in [0.5, 0.6) is 5.75 Å². The van der Waals surface area contributed by atoms with Crippen LogP contribution in [0.1, 0.15) is 41.6 Å². The van der Waals surface area contributed by atoms with Crippen molar-refractivity contribution >= 4 is 22.7 Å². The number of aromatic amines is 2. The minimum atomic E-state index is -0.501. The number of aromatic nitrogens is 5. The lowest BCUT2D eigenvalue weighted by Crippen LogP contribution is -2.29. The molecule has 1 saturated heterocycles. The number of fused-ring (bicyclic) bond motifs is 2. The zero-order chi connectivity index (χ0) is 27.1. The number of nitrogens with zero attached hydrogens (tertiary/aromatic N) is 4. The minimum Gasteiger partial charge on any atom is -0.508 e. The van der Waals surface area contributed by atoms with Crippen molar-refractivity contribution in [3.8, 4) is 28.4 Å². The molecule has 2 aliphatic rings. The van der Waals surface area contributed by atoms with E-state index in [1.807, 2.05) is 42.7 Å². The third-order valence-electron chi connectivity index (χ3n) is 7.51. The number of pyridine rings is 2. The standard InChI is InChI=1S/C32H27FN6O/c33-23-13-21(14-24(40)15-23)25-6-2-3-7-28-26(25)16-30(35-28)32-31-29(37-38-32)9-8-27(36-31)22-12-20(17-34-18-22)19-39-10-4-1-5-11-39/h2,6-9,12-18,35,40H,1,4-5,10-11,19H2,(H,37,38). The molecule has 0 amide bonds.